The summed E-state index contributed by atoms with van der Waals surface area (Å²) in [6.07, 6.45) is 1.61. The largest absolute Gasteiger partial charge is 0.431 e. The van der Waals surface area contributed by atoms with Crippen molar-refractivity contribution in [2.45, 2.75) is 39.8 Å². The lowest BCUT2D eigenvalue weighted by molar-refractivity contribution is 0.421. The second-order valence-electron chi connectivity index (χ2n) is 5.92. The highest BCUT2D eigenvalue weighted by Gasteiger charge is 2.17. The molecule has 0 aliphatic carbocycles. The number of benzene rings is 1. The summed E-state index contributed by atoms with van der Waals surface area (Å²) < 4.78 is 19.4. The predicted octanol–water partition coefficient (Wildman–Crippen LogP) is 3.86. The molecule has 0 atom stereocenters. The van der Waals surface area contributed by atoms with Crippen molar-refractivity contribution in [2.24, 2.45) is 0 Å². The smallest absolute Gasteiger partial charge is 0.302 e. The number of nitrogens with one attached hydrogen (secondary N) is 1. The predicted molar refractivity (Wildman–Crippen MR) is 82.2 cm³/mol. The third kappa shape index (κ3) is 4.04. The highest BCUT2D eigenvalue weighted by molar-refractivity contribution is 5.56. The van der Waals surface area contributed by atoms with E-state index in [0.29, 0.717) is 24.8 Å². The van der Waals surface area contributed by atoms with Gasteiger partial charge in [-0.3, -0.25) is 4.90 Å². The summed E-state index contributed by atoms with van der Waals surface area (Å²) in [6.45, 7) is 9.39. The van der Waals surface area contributed by atoms with Crippen LogP contribution in [0.3, 0.4) is 0 Å². The summed E-state index contributed by atoms with van der Waals surface area (Å²) in [5.41, 5.74) is 1.28. The van der Waals surface area contributed by atoms with Crippen molar-refractivity contribution in [1.82, 2.24) is 10.3 Å². The molecular weight excluding hydrogens is 269 g/mol. The number of hydrogen-bond donors (Lipinski definition) is 1. The van der Waals surface area contributed by atoms with E-state index in [4.69, 9.17) is 4.42 Å². The van der Waals surface area contributed by atoms with Gasteiger partial charge in [0.2, 0.25) is 0 Å². The first-order valence-corrected chi connectivity index (χ1v) is 7.12. The number of oxazole rings is 1. The maximum Gasteiger partial charge on any atom is 0.302 e. The number of para-hydroxylation sites is 1. The normalized spacial score (nSPS) is 11.7. The number of hydrogen-bond acceptors (Lipinski definition) is 4. The van der Waals surface area contributed by atoms with Gasteiger partial charge in [0.05, 0.1) is 11.4 Å². The SMILES string of the molecule is CCN(c1nc(CNC(C)(C)C)co1)c1ccccc1F. The van der Waals surface area contributed by atoms with Crippen LogP contribution in [-0.4, -0.2) is 17.1 Å². The minimum Gasteiger partial charge on any atom is -0.431 e. The minimum absolute atomic E-state index is 0.00902. The van der Waals surface area contributed by atoms with E-state index < -0.39 is 0 Å². The van der Waals surface area contributed by atoms with E-state index in [1.165, 1.54) is 6.07 Å². The second kappa shape index (κ2) is 6.26. The molecule has 2 rings (SSSR count). The molecule has 1 aromatic carbocycles. The highest BCUT2D eigenvalue weighted by atomic mass is 19.1. The van der Waals surface area contributed by atoms with E-state index in [2.05, 4.69) is 31.1 Å². The summed E-state index contributed by atoms with van der Waals surface area (Å²) in [4.78, 5) is 6.15. The molecule has 114 valence electrons. The van der Waals surface area contributed by atoms with Crippen LogP contribution in [0.25, 0.3) is 0 Å². The number of aromatic nitrogens is 1. The first kappa shape index (κ1) is 15.5. The molecule has 0 aliphatic heterocycles. The lowest BCUT2D eigenvalue weighted by Gasteiger charge is -2.20. The van der Waals surface area contributed by atoms with Crippen LogP contribution in [0.1, 0.15) is 33.4 Å². The van der Waals surface area contributed by atoms with E-state index in [9.17, 15) is 4.39 Å². The van der Waals surface area contributed by atoms with Gasteiger partial charge in [-0.1, -0.05) is 12.1 Å². The Kier molecular flexibility index (Phi) is 4.63. The number of rotatable bonds is 5. The van der Waals surface area contributed by atoms with Gasteiger partial charge in [-0.05, 0) is 39.8 Å². The highest BCUT2D eigenvalue weighted by Crippen LogP contribution is 2.26. The van der Waals surface area contributed by atoms with Crippen molar-refractivity contribution in [3.8, 4) is 0 Å². The van der Waals surface area contributed by atoms with E-state index in [-0.39, 0.29) is 11.4 Å². The summed E-state index contributed by atoms with van der Waals surface area (Å²) in [6, 6.07) is 7.03. The molecule has 0 radical (unpaired) electrons. The van der Waals surface area contributed by atoms with Crippen molar-refractivity contribution in [2.75, 3.05) is 11.4 Å². The van der Waals surface area contributed by atoms with Crippen LogP contribution in [0, 0.1) is 5.82 Å². The molecule has 0 spiro atoms. The maximum atomic E-state index is 13.9. The minimum atomic E-state index is -0.285. The van der Waals surface area contributed by atoms with Crippen molar-refractivity contribution in [3.05, 3.63) is 42.0 Å². The standard InChI is InChI=1S/C16H22FN3O/c1-5-20(14-9-7-6-8-13(14)17)15-19-12(11-21-15)10-18-16(2,3)4/h6-9,11,18H,5,10H2,1-4H3. The monoisotopic (exact) mass is 291 g/mol. The van der Waals surface area contributed by atoms with Crippen molar-refractivity contribution >= 4 is 11.7 Å². The Morgan fingerprint density at radius 2 is 2.00 bits per heavy atom. The van der Waals surface area contributed by atoms with Gasteiger partial charge in [-0.2, -0.15) is 4.98 Å². The molecule has 21 heavy (non-hydrogen) atoms. The lowest BCUT2D eigenvalue weighted by Crippen LogP contribution is -2.35. The molecule has 0 unspecified atom stereocenters. The molecular formula is C16H22FN3O. The zero-order valence-corrected chi connectivity index (χ0v) is 13.0. The van der Waals surface area contributed by atoms with Gasteiger partial charge in [0.25, 0.3) is 0 Å². The average molecular weight is 291 g/mol. The summed E-state index contributed by atoms with van der Waals surface area (Å²) in [5, 5.41) is 3.34. The summed E-state index contributed by atoms with van der Waals surface area (Å²) in [5.74, 6) is -0.285. The van der Waals surface area contributed by atoms with Gasteiger partial charge in [0.15, 0.2) is 0 Å². The van der Waals surface area contributed by atoms with Crippen molar-refractivity contribution in [1.29, 1.82) is 0 Å². The van der Waals surface area contributed by atoms with E-state index >= 15 is 0 Å². The Hall–Kier alpha value is -1.88. The first-order valence-electron chi connectivity index (χ1n) is 7.12. The fourth-order valence-corrected chi connectivity index (χ4v) is 1.94. The van der Waals surface area contributed by atoms with Crippen LogP contribution in [0.15, 0.2) is 34.9 Å². The molecule has 2 aromatic rings. The molecule has 0 fully saturated rings. The topological polar surface area (TPSA) is 41.3 Å². The second-order valence-corrected chi connectivity index (χ2v) is 5.92. The van der Waals surface area contributed by atoms with Crippen LogP contribution in [-0.2, 0) is 6.54 Å². The molecule has 0 saturated carbocycles. The van der Waals surface area contributed by atoms with Crippen LogP contribution in [0.5, 0.6) is 0 Å². The number of halogens is 1. The molecule has 1 N–H and O–H groups in total. The van der Waals surface area contributed by atoms with Gasteiger partial charge in [-0.25, -0.2) is 4.39 Å². The van der Waals surface area contributed by atoms with Crippen LogP contribution in [0.4, 0.5) is 16.1 Å². The third-order valence-corrected chi connectivity index (χ3v) is 3.03. The van der Waals surface area contributed by atoms with Gasteiger partial charge in [0, 0.05) is 18.6 Å². The van der Waals surface area contributed by atoms with E-state index in [1.807, 2.05) is 6.92 Å². The molecule has 0 amide bonds. The third-order valence-electron chi connectivity index (χ3n) is 3.03. The van der Waals surface area contributed by atoms with Crippen molar-refractivity contribution < 1.29 is 8.81 Å². The fourth-order valence-electron chi connectivity index (χ4n) is 1.94. The Morgan fingerprint density at radius 1 is 1.29 bits per heavy atom. The molecule has 0 aliphatic rings. The average Bonchev–Trinajstić information content (AvgIpc) is 2.87. The first-order chi connectivity index (χ1) is 9.90. The van der Waals surface area contributed by atoms with Gasteiger partial charge in [0.1, 0.15) is 12.1 Å². The van der Waals surface area contributed by atoms with E-state index in [0.717, 1.165) is 5.69 Å². The number of nitrogens with zero attached hydrogens (tertiary/aromatic N) is 2. The Balaban J connectivity index is 2.17. The molecule has 1 heterocycles. The number of anilines is 2. The zero-order chi connectivity index (χ0) is 15.5. The van der Waals surface area contributed by atoms with Crippen LogP contribution >= 0.6 is 0 Å². The molecule has 0 saturated heterocycles. The lowest BCUT2D eigenvalue weighted by atomic mass is 10.1. The maximum absolute atomic E-state index is 13.9. The summed E-state index contributed by atoms with van der Waals surface area (Å²) in [7, 11) is 0. The Morgan fingerprint density at radius 3 is 2.62 bits per heavy atom. The van der Waals surface area contributed by atoms with Crippen LogP contribution < -0.4 is 10.2 Å². The van der Waals surface area contributed by atoms with E-state index in [1.54, 1.807) is 29.4 Å². The quantitative estimate of drug-likeness (QED) is 0.908. The Bertz CT molecular complexity index is 589. The fraction of sp³-hybridized carbons (Fsp3) is 0.438. The molecule has 5 heteroatoms. The van der Waals surface area contributed by atoms with Crippen LogP contribution in [0.2, 0.25) is 0 Å². The molecule has 0 bridgehead atoms. The van der Waals surface area contributed by atoms with Gasteiger partial charge >= 0.3 is 6.01 Å². The van der Waals surface area contributed by atoms with Gasteiger partial charge < -0.3 is 9.73 Å². The molecule has 1 aromatic heterocycles. The summed E-state index contributed by atoms with van der Waals surface area (Å²) >= 11 is 0. The zero-order valence-electron chi connectivity index (χ0n) is 13.0. The molecule has 4 nitrogen and oxygen atoms in total. The Labute approximate surface area is 125 Å². The van der Waals surface area contributed by atoms with Crippen molar-refractivity contribution in [3.63, 3.8) is 0 Å². The van der Waals surface area contributed by atoms with Gasteiger partial charge in [-0.15, -0.1) is 0 Å².